The minimum Gasteiger partial charge on any atom is -0.388 e. The summed E-state index contributed by atoms with van der Waals surface area (Å²) in [5.74, 6) is 1.46. The van der Waals surface area contributed by atoms with Crippen LogP contribution in [0.25, 0.3) is 0 Å². The van der Waals surface area contributed by atoms with Crippen LogP contribution in [-0.2, 0) is 20.1 Å². The number of aromatic nitrogens is 3. The van der Waals surface area contributed by atoms with Gasteiger partial charge in [0.1, 0.15) is 6.61 Å². The molecule has 96 valence electrons. The number of aryl methyl sites for hydroxylation is 1. The van der Waals surface area contributed by atoms with Crippen molar-refractivity contribution in [3.8, 4) is 0 Å². The Balaban J connectivity index is 1.92. The molecule has 0 atom stereocenters. The molecular weight excluding hydrogens is 270 g/mol. The van der Waals surface area contributed by atoms with E-state index in [0.29, 0.717) is 5.82 Å². The van der Waals surface area contributed by atoms with Gasteiger partial charge < -0.3 is 9.67 Å². The summed E-state index contributed by atoms with van der Waals surface area (Å²) in [7, 11) is 1.85. The van der Waals surface area contributed by atoms with Crippen LogP contribution in [0.2, 0.25) is 5.02 Å². The summed E-state index contributed by atoms with van der Waals surface area (Å²) in [6, 6.07) is 7.83. The molecule has 1 N–H and O–H groups in total. The second-order valence-corrected chi connectivity index (χ2v) is 5.28. The molecule has 0 bridgehead atoms. The monoisotopic (exact) mass is 283 g/mol. The molecule has 0 amide bonds. The molecule has 0 saturated carbocycles. The third-order valence-corrected chi connectivity index (χ3v) is 4.02. The second-order valence-electron chi connectivity index (χ2n) is 3.81. The molecule has 0 aliphatic carbocycles. The Morgan fingerprint density at radius 2 is 2.11 bits per heavy atom. The molecule has 2 aromatic rings. The van der Waals surface area contributed by atoms with Crippen LogP contribution in [0, 0.1) is 0 Å². The standard InChI is InChI=1S/C12H14ClN3OS/c1-16-11(8-17)14-15-12(16)18-7-6-9-4-2-3-5-10(9)13/h2-5,17H,6-8H2,1H3. The van der Waals surface area contributed by atoms with Crippen LogP contribution in [0.15, 0.2) is 29.4 Å². The summed E-state index contributed by atoms with van der Waals surface area (Å²) in [5, 5.41) is 18.5. The van der Waals surface area contributed by atoms with Crippen molar-refractivity contribution < 1.29 is 5.11 Å². The number of benzene rings is 1. The van der Waals surface area contributed by atoms with Crippen molar-refractivity contribution in [2.75, 3.05) is 5.75 Å². The number of rotatable bonds is 5. The maximum atomic E-state index is 9.02. The highest BCUT2D eigenvalue weighted by molar-refractivity contribution is 7.99. The largest absolute Gasteiger partial charge is 0.388 e. The third kappa shape index (κ3) is 3.04. The van der Waals surface area contributed by atoms with Crippen molar-refractivity contribution >= 4 is 23.4 Å². The Hall–Kier alpha value is -1.04. The van der Waals surface area contributed by atoms with Gasteiger partial charge in [0.2, 0.25) is 0 Å². The van der Waals surface area contributed by atoms with Gasteiger partial charge in [-0.15, -0.1) is 10.2 Å². The fourth-order valence-electron chi connectivity index (χ4n) is 1.56. The van der Waals surface area contributed by atoms with E-state index >= 15 is 0 Å². The van der Waals surface area contributed by atoms with Gasteiger partial charge in [0, 0.05) is 17.8 Å². The number of aliphatic hydroxyl groups excluding tert-OH is 1. The lowest BCUT2D eigenvalue weighted by Crippen LogP contribution is -1.99. The van der Waals surface area contributed by atoms with Crippen molar-refractivity contribution in [2.24, 2.45) is 7.05 Å². The third-order valence-electron chi connectivity index (χ3n) is 2.63. The lowest BCUT2D eigenvalue weighted by molar-refractivity contribution is 0.266. The summed E-state index contributed by atoms with van der Waals surface area (Å²) >= 11 is 7.69. The van der Waals surface area contributed by atoms with Crippen LogP contribution >= 0.6 is 23.4 Å². The van der Waals surface area contributed by atoms with E-state index < -0.39 is 0 Å². The lowest BCUT2D eigenvalue weighted by atomic mass is 10.2. The van der Waals surface area contributed by atoms with E-state index in [4.69, 9.17) is 16.7 Å². The van der Waals surface area contributed by atoms with Gasteiger partial charge in [0.05, 0.1) is 0 Å². The van der Waals surface area contributed by atoms with E-state index in [1.54, 1.807) is 16.3 Å². The molecule has 0 spiro atoms. The highest BCUT2D eigenvalue weighted by Gasteiger charge is 2.08. The number of halogens is 1. The summed E-state index contributed by atoms with van der Waals surface area (Å²) in [6.45, 7) is -0.0887. The molecule has 0 aliphatic rings. The lowest BCUT2D eigenvalue weighted by Gasteiger charge is -2.04. The molecule has 2 rings (SSSR count). The van der Waals surface area contributed by atoms with Crippen molar-refractivity contribution in [3.05, 3.63) is 40.7 Å². The maximum absolute atomic E-state index is 9.02. The molecule has 0 aliphatic heterocycles. The fraction of sp³-hybridized carbons (Fsp3) is 0.333. The molecule has 0 radical (unpaired) electrons. The van der Waals surface area contributed by atoms with Gasteiger partial charge in [-0.2, -0.15) is 0 Å². The summed E-state index contributed by atoms with van der Waals surface area (Å²) in [4.78, 5) is 0. The molecule has 0 saturated heterocycles. The predicted octanol–water partition coefficient (Wildman–Crippen LogP) is 2.30. The SMILES string of the molecule is Cn1c(CO)nnc1SCCc1ccccc1Cl. The van der Waals surface area contributed by atoms with E-state index in [2.05, 4.69) is 10.2 Å². The Kier molecular flexibility index (Phi) is 4.63. The zero-order valence-corrected chi connectivity index (χ0v) is 11.6. The van der Waals surface area contributed by atoms with Crippen molar-refractivity contribution in [2.45, 2.75) is 18.2 Å². The van der Waals surface area contributed by atoms with E-state index in [1.165, 1.54) is 0 Å². The first-order chi connectivity index (χ1) is 8.72. The fourth-order valence-corrected chi connectivity index (χ4v) is 2.69. The number of hydrogen-bond acceptors (Lipinski definition) is 4. The van der Waals surface area contributed by atoms with E-state index in [9.17, 15) is 0 Å². The van der Waals surface area contributed by atoms with Crippen molar-refractivity contribution in [1.29, 1.82) is 0 Å². The van der Waals surface area contributed by atoms with Gasteiger partial charge in [-0.25, -0.2) is 0 Å². The van der Waals surface area contributed by atoms with Gasteiger partial charge in [0.15, 0.2) is 11.0 Å². The zero-order valence-electron chi connectivity index (χ0n) is 10.0. The molecule has 0 fully saturated rings. The first kappa shape index (κ1) is 13.4. The van der Waals surface area contributed by atoms with Gasteiger partial charge in [-0.05, 0) is 18.1 Å². The Morgan fingerprint density at radius 3 is 2.78 bits per heavy atom. The average Bonchev–Trinajstić information content (AvgIpc) is 2.73. The van der Waals surface area contributed by atoms with E-state index in [-0.39, 0.29) is 6.61 Å². The minimum atomic E-state index is -0.0887. The number of nitrogens with zero attached hydrogens (tertiary/aromatic N) is 3. The number of thioether (sulfide) groups is 1. The Morgan fingerprint density at radius 1 is 1.33 bits per heavy atom. The first-order valence-electron chi connectivity index (χ1n) is 5.57. The molecule has 1 aromatic heterocycles. The number of hydrogen-bond donors (Lipinski definition) is 1. The van der Waals surface area contributed by atoms with Gasteiger partial charge in [0.25, 0.3) is 0 Å². The normalized spacial score (nSPS) is 10.8. The van der Waals surface area contributed by atoms with Gasteiger partial charge >= 0.3 is 0 Å². The molecule has 18 heavy (non-hydrogen) atoms. The van der Waals surface area contributed by atoms with E-state index in [1.807, 2.05) is 31.3 Å². The Bertz CT molecular complexity index is 530. The summed E-state index contributed by atoms with van der Waals surface area (Å²) in [6.07, 6.45) is 0.881. The predicted molar refractivity (Wildman–Crippen MR) is 72.8 cm³/mol. The van der Waals surface area contributed by atoms with Crippen LogP contribution in [0.3, 0.4) is 0 Å². The average molecular weight is 284 g/mol. The number of aliphatic hydroxyl groups is 1. The molecule has 1 aromatic carbocycles. The highest BCUT2D eigenvalue weighted by atomic mass is 35.5. The topological polar surface area (TPSA) is 50.9 Å². The summed E-state index contributed by atoms with van der Waals surface area (Å²) in [5.41, 5.74) is 1.14. The van der Waals surface area contributed by atoms with Gasteiger partial charge in [-0.3, -0.25) is 0 Å². The molecule has 6 heteroatoms. The maximum Gasteiger partial charge on any atom is 0.191 e. The highest BCUT2D eigenvalue weighted by Crippen LogP contribution is 2.20. The molecule has 1 heterocycles. The first-order valence-corrected chi connectivity index (χ1v) is 6.94. The molecule has 4 nitrogen and oxygen atoms in total. The zero-order chi connectivity index (χ0) is 13.0. The van der Waals surface area contributed by atoms with Crippen molar-refractivity contribution in [1.82, 2.24) is 14.8 Å². The molecular formula is C12H14ClN3OS. The van der Waals surface area contributed by atoms with Crippen molar-refractivity contribution in [3.63, 3.8) is 0 Å². The van der Waals surface area contributed by atoms with E-state index in [0.717, 1.165) is 27.9 Å². The Labute approximate surface area is 115 Å². The van der Waals surface area contributed by atoms with Gasteiger partial charge in [-0.1, -0.05) is 41.6 Å². The quantitative estimate of drug-likeness (QED) is 0.856. The second kappa shape index (κ2) is 6.22. The van der Waals surface area contributed by atoms with Crippen LogP contribution < -0.4 is 0 Å². The smallest absolute Gasteiger partial charge is 0.191 e. The summed E-state index contributed by atoms with van der Waals surface area (Å²) < 4.78 is 1.80. The van der Waals surface area contributed by atoms with Crippen LogP contribution in [0.4, 0.5) is 0 Å². The van der Waals surface area contributed by atoms with Crippen LogP contribution in [0.5, 0.6) is 0 Å². The minimum absolute atomic E-state index is 0.0887. The van der Waals surface area contributed by atoms with Crippen LogP contribution in [0.1, 0.15) is 11.4 Å². The molecule has 0 unspecified atom stereocenters. The van der Waals surface area contributed by atoms with Crippen LogP contribution in [-0.4, -0.2) is 25.6 Å².